The van der Waals surface area contributed by atoms with E-state index in [2.05, 4.69) is 9.71 Å². The van der Waals surface area contributed by atoms with Crippen LogP contribution in [-0.2, 0) is 17.1 Å². The van der Waals surface area contributed by atoms with Crippen molar-refractivity contribution in [2.24, 2.45) is 18.7 Å². The SMILES string of the molecule is Cc1nc(S(=O)(=O)NCC(C)C(N)=S)cn1C. The molecule has 0 spiro atoms. The normalized spacial score (nSPS) is 13.6. The van der Waals surface area contributed by atoms with E-state index in [0.717, 1.165) is 0 Å². The Hall–Kier alpha value is -0.990. The molecule has 0 aliphatic rings. The Kier molecular flexibility index (Phi) is 4.23. The van der Waals surface area contributed by atoms with Gasteiger partial charge in [0.2, 0.25) is 0 Å². The second kappa shape index (κ2) is 5.11. The molecule has 1 atom stereocenters. The number of nitrogens with zero attached hydrogens (tertiary/aromatic N) is 2. The molecule has 0 aliphatic heterocycles. The Morgan fingerprint density at radius 1 is 1.71 bits per heavy atom. The van der Waals surface area contributed by atoms with Crippen LogP contribution in [0.1, 0.15) is 12.7 Å². The lowest BCUT2D eigenvalue weighted by Gasteiger charge is -2.09. The Bertz CT molecular complexity index is 502. The van der Waals surface area contributed by atoms with Gasteiger partial charge in [-0.1, -0.05) is 19.1 Å². The van der Waals surface area contributed by atoms with Crippen LogP contribution < -0.4 is 10.5 Å². The van der Waals surface area contributed by atoms with Crippen molar-refractivity contribution >= 4 is 27.2 Å². The topological polar surface area (TPSA) is 90.0 Å². The van der Waals surface area contributed by atoms with E-state index in [-0.39, 0.29) is 22.5 Å². The summed E-state index contributed by atoms with van der Waals surface area (Å²) in [5, 5.41) is 0.00707. The highest BCUT2D eigenvalue weighted by atomic mass is 32.2. The predicted octanol–water partition coefficient (Wildman–Crippen LogP) is -0.0710. The maximum Gasteiger partial charge on any atom is 0.259 e. The van der Waals surface area contributed by atoms with E-state index in [9.17, 15) is 8.42 Å². The van der Waals surface area contributed by atoms with Gasteiger partial charge in [0.05, 0.1) is 4.99 Å². The van der Waals surface area contributed by atoms with Crippen molar-refractivity contribution in [2.45, 2.75) is 18.9 Å². The fraction of sp³-hybridized carbons (Fsp3) is 0.556. The summed E-state index contributed by atoms with van der Waals surface area (Å²) in [7, 11) is -1.85. The smallest absolute Gasteiger partial charge is 0.259 e. The van der Waals surface area contributed by atoms with E-state index in [4.69, 9.17) is 18.0 Å². The molecule has 0 aromatic carbocycles. The van der Waals surface area contributed by atoms with Crippen LogP contribution in [0.3, 0.4) is 0 Å². The number of aryl methyl sites for hydroxylation is 2. The Morgan fingerprint density at radius 2 is 2.29 bits per heavy atom. The molecule has 3 N–H and O–H groups in total. The molecule has 96 valence electrons. The highest BCUT2D eigenvalue weighted by Crippen LogP contribution is 2.07. The standard InChI is InChI=1S/C9H16N4O2S2/c1-6(9(10)16)4-11-17(14,15)8-5-13(3)7(2)12-8/h5-6,11H,4H2,1-3H3,(H2,10,16). The molecule has 1 unspecified atom stereocenters. The number of rotatable bonds is 5. The number of hydrogen-bond donors (Lipinski definition) is 2. The van der Waals surface area contributed by atoms with Crippen molar-refractivity contribution in [3.05, 3.63) is 12.0 Å². The number of nitrogens with two attached hydrogens (primary N) is 1. The van der Waals surface area contributed by atoms with Gasteiger partial charge in [-0.3, -0.25) is 0 Å². The van der Waals surface area contributed by atoms with Crippen LogP contribution in [0.4, 0.5) is 0 Å². The minimum Gasteiger partial charge on any atom is -0.393 e. The quantitative estimate of drug-likeness (QED) is 0.735. The fourth-order valence-corrected chi connectivity index (χ4v) is 2.31. The first-order chi connectivity index (χ1) is 7.74. The van der Waals surface area contributed by atoms with E-state index in [0.29, 0.717) is 5.82 Å². The molecule has 1 aromatic heterocycles. The van der Waals surface area contributed by atoms with Crippen molar-refractivity contribution in [1.82, 2.24) is 14.3 Å². The third-order valence-corrected chi connectivity index (χ3v) is 4.12. The Labute approximate surface area is 106 Å². The largest absolute Gasteiger partial charge is 0.393 e. The molecule has 0 radical (unpaired) electrons. The van der Waals surface area contributed by atoms with Crippen LogP contribution >= 0.6 is 12.2 Å². The molecule has 0 aliphatic carbocycles. The van der Waals surface area contributed by atoms with E-state index in [1.165, 1.54) is 6.20 Å². The molecule has 0 fully saturated rings. The van der Waals surface area contributed by atoms with Crippen molar-refractivity contribution in [2.75, 3.05) is 6.54 Å². The fourth-order valence-electron chi connectivity index (χ4n) is 1.07. The van der Waals surface area contributed by atoms with Crippen molar-refractivity contribution in [1.29, 1.82) is 0 Å². The minimum absolute atomic E-state index is 0.00707. The van der Waals surface area contributed by atoms with Gasteiger partial charge in [0.15, 0.2) is 5.03 Å². The zero-order valence-electron chi connectivity index (χ0n) is 9.97. The van der Waals surface area contributed by atoms with Gasteiger partial charge in [-0.15, -0.1) is 0 Å². The summed E-state index contributed by atoms with van der Waals surface area (Å²) in [5.74, 6) is 0.442. The zero-order valence-corrected chi connectivity index (χ0v) is 11.6. The summed E-state index contributed by atoms with van der Waals surface area (Å²) in [6, 6.07) is 0. The summed E-state index contributed by atoms with van der Waals surface area (Å²) in [6.45, 7) is 3.67. The lowest BCUT2D eigenvalue weighted by Crippen LogP contribution is -2.33. The van der Waals surface area contributed by atoms with Crippen LogP contribution in [-0.4, -0.2) is 29.5 Å². The third-order valence-electron chi connectivity index (χ3n) is 2.43. The maximum atomic E-state index is 11.9. The van der Waals surface area contributed by atoms with Gasteiger partial charge < -0.3 is 10.3 Å². The first kappa shape index (κ1) is 14.1. The molecule has 0 saturated carbocycles. The first-order valence-electron chi connectivity index (χ1n) is 5.03. The van der Waals surface area contributed by atoms with Gasteiger partial charge in [-0.25, -0.2) is 18.1 Å². The van der Waals surface area contributed by atoms with E-state index >= 15 is 0 Å². The summed E-state index contributed by atoms with van der Waals surface area (Å²) >= 11 is 4.77. The molecule has 1 aromatic rings. The number of hydrogen-bond acceptors (Lipinski definition) is 4. The molecule has 17 heavy (non-hydrogen) atoms. The molecule has 0 bridgehead atoms. The maximum absolute atomic E-state index is 11.9. The molecule has 6 nitrogen and oxygen atoms in total. The average Bonchev–Trinajstić information content (AvgIpc) is 2.56. The summed E-state index contributed by atoms with van der Waals surface area (Å²) in [4.78, 5) is 4.24. The molecule has 1 rings (SSSR count). The highest BCUT2D eigenvalue weighted by molar-refractivity contribution is 7.89. The third kappa shape index (κ3) is 3.48. The number of imidazole rings is 1. The average molecular weight is 276 g/mol. The summed E-state index contributed by atoms with van der Waals surface area (Å²) < 4.78 is 27.8. The zero-order chi connectivity index (χ0) is 13.2. The molecule has 1 heterocycles. The summed E-state index contributed by atoms with van der Waals surface area (Å²) in [5.41, 5.74) is 5.41. The number of thiocarbonyl (C=S) groups is 1. The van der Waals surface area contributed by atoms with Crippen LogP contribution in [0.2, 0.25) is 0 Å². The van der Waals surface area contributed by atoms with Gasteiger partial charge in [0.25, 0.3) is 10.0 Å². The van der Waals surface area contributed by atoms with Crippen molar-refractivity contribution < 1.29 is 8.42 Å². The molecule has 0 saturated heterocycles. The van der Waals surface area contributed by atoms with Crippen LogP contribution in [0.5, 0.6) is 0 Å². The van der Waals surface area contributed by atoms with Gasteiger partial charge in [-0.2, -0.15) is 0 Å². The van der Waals surface area contributed by atoms with E-state index in [1.807, 2.05) is 0 Å². The lowest BCUT2D eigenvalue weighted by atomic mass is 10.2. The van der Waals surface area contributed by atoms with Crippen molar-refractivity contribution in [3.8, 4) is 0 Å². The second-order valence-electron chi connectivity index (χ2n) is 3.89. The molecular formula is C9H16N4O2S2. The second-order valence-corrected chi connectivity index (χ2v) is 6.08. The van der Waals surface area contributed by atoms with Crippen molar-refractivity contribution in [3.63, 3.8) is 0 Å². The van der Waals surface area contributed by atoms with E-state index < -0.39 is 10.0 Å². The predicted molar refractivity (Wildman–Crippen MR) is 69.1 cm³/mol. The van der Waals surface area contributed by atoms with Crippen LogP contribution in [0.15, 0.2) is 11.2 Å². The van der Waals surface area contributed by atoms with E-state index in [1.54, 1.807) is 25.5 Å². The highest BCUT2D eigenvalue weighted by Gasteiger charge is 2.19. The Balaban J connectivity index is 2.79. The number of nitrogens with one attached hydrogen (secondary N) is 1. The molecular weight excluding hydrogens is 260 g/mol. The Morgan fingerprint density at radius 3 is 2.71 bits per heavy atom. The lowest BCUT2D eigenvalue weighted by molar-refractivity contribution is 0.571. The van der Waals surface area contributed by atoms with Crippen LogP contribution in [0, 0.1) is 12.8 Å². The molecule has 0 amide bonds. The molecule has 8 heteroatoms. The summed E-state index contributed by atoms with van der Waals surface area (Å²) in [6.07, 6.45) is 1.46. The number of aromatic nitrogens is 2. The minimum atomic E-state index is -3.59. The first-order valence-corrected chi connectivity index (χ1v) is 6.92. The van der Waals surface area contributed by atoms with Crippen LogP contribution in [0.25, 0.3) is 0 Å². The van der Waals surface area contributed by atoms with Gasteiger partial charge in [0, 0.05) is 25.7 Å². The number of sulfonamides is 1. The van der Waals surface area contributed by atoms with Gasteiger partial charge in [-0.05, 0) is 6.92 Å². The monoisotopic (exact) mass is 276 g/mol. The van der Waals surface area contributed by atoms with Gasteiger partial charge in [0.1, 0.15) is 5.82 Å². The van der Waals surface area contributed by atoms with Gasteiger partial charge >= 0.3 is 0 Å².